The van der Waals surface area contributed by atoms with Gasteiger partial charge in [0.2, 0.25) is 0 Å². The number of allylic oxidation sites excluding steroid dienone is 4. The van der Waals surface area contributed by atoms with Crippen LogP contribution in [0.15, 0.2) is 217 Å². The SMILES string of the molecule is C1=CCC2C(=C1)C1(c3ccccc3)c3ccccc3C(c3ccccc3)(c3ccc(N(c4ccccc4)C4C=C5c6ccccc6SC5CC4)cc3)c3cccc2c31. The highest BCUT2D eigenvalue weighted by atomic mass is 32.2. The number of benzene rings is 7. The van der Waals surface area contributed by atoms with Crippen molar-refractivity contribution < 1.29 is 0 Å². The van der Waals surface area contributed by atoms with Gasteiger partial charge in [0.25, 0.3) is 0 Å². The molecule has 12 rings (SSSR count). The smallest absolute Gasteiger partial charge is 0.0708 e. The quantitative estimate of drug-likeness (QED) is 0.166. The van der Waals surface area contributed by atoms with E-state index in [0.717, 1.165) is 12.8 Å². The van der Waals surface area contributed by atoms with Crippen LogP contribution in [0.1, 0.15) is 75.3 Å². The minimum absolute atomic E-state index is 0.249. The molecule has 1 nitrogen and oxygen atoms in total. The maximum absolute atomic E-state index is 2.59. The monoisotopic (exact) mass is 761 g/mol. The summed E-state index contributed by atoms with van der Waals surface area (Å²) < 4.78 is 0. The third-order valence-electron chi connectivity index (χ3n) is 13.8. The van der Waals surface area contributed by atoms with Crippen molar-refractivity contribution in [1.82, 2.24) is 0 Å². The fraction of sp³-hybridized carbons (Fsp3) is 0.143. The molecule has 2 heteroatoms. The molecule has 0 bridgehead atoms. The Hall–Kier alpha value is -6.09. The predicted octanol–water partition coefficient (Wildman–Crippen LogP) is 13.6. The van der Waals surface area contributed by atoms with Gasteiger partial charge in [-0.3, -0.25) is 0 Å². The van der Waals surface area contributed by atoms with Crippen LogP contribution in [0.3, 0.4) is 0 Å². The number of para-hydroxylation sites is 1. The number of hydrogen-bond donors (Lipinski definition) is 0. The molecule has 1 heterocycles. The number of rotatable bonds is 6. The molecular formula is C56H43NS. The first-order chi connectivity index (χ1) is 28.8. The Kier molecular flexibility index (Phi) is 7.75. The van der Waals surface area contributed by atoms with E-state index >= 15 is 0 Å². The van der Waals surface area contributed by atoms with Crippen molar-refractivity contribution in [3.8, 4) is 0 Å². The summed E-state index contributed by atoms with van der Waals surface area (Å²) in [5.41, 5.74) is 17.0. The topological polar surface area (TPSA) is 3.24 Å². The van der Waals surface area contributed by atoms with Crippen LogP contribution in [0.25, 0.3) is 5.57 Å². The Morgan fingerprint density at radius 2 is 1.12 bits per heavy atom. The normalized spacial score (nSPS) is 24.4. The zero-order valence-corrected chi connectivity index (χ0v) is 33.2. The highest BCUT2D eigenvalue weighted by Gasteiger charge is 2.59. The van der Waals surface area contributed by atoms with Gasteiger partial charge in [0, 0.05) is 27.4 Å². The molecule has 278 valence electrons. The van der Waals surface area contributed by atoms with Crippen LogP contribution in [-0.2, 0) is 10.8 Å². The molecule has 58 heavy (non-hydrogen) atoms. The number of nitrogens with zero attached hydrogens (tertiary/aromatic N) is 1. The fourth-order valence-corrected chi connectivity index (χ4v) is 13.0. The molecule has 0 N–H and O–H groups in total. The number of fused-ring (bicyclic) bond motifs is 8. The second kappa shape index (κ2) is 13.2. The van der Waals surface area contributed by atoms with Gasteiger partial charge in [0.05, 0.1) is 16.9 Å². The van der Waals surface area contributed by atoms with Gasteiger partial charge in [0.15, 0.2) is 0 Å². The van der Waals surface area contributed by atoms with Crippen molar-refractivity contribution in [2.24, 2.45) is 0 Å². The third kappa shape index (κ3) is 4.67. The average Bonchev–Trinajstić information content (AvgIpc) is 3.83. The molecule has 5 aliphatic rings. The minimum Gasteiger partial charge on any atom is -0.335 e. The molecule has 1 aliphatic heterocycles. The summed E-state index contributed by atoms with van der Waals surface area (Å²) in [6, 6.07) is 69.3. The van der Waals surface area contributed by atoms with Gasteiger partial charge in [0.1, 0.15) is 0 Å². The Morgan fingerprint density at radius 1 is 0.517 bits per heavy atom. The lowest BCUT2D eigenvalue weighted by molar-refractivity contribution is 0.610. The van der Waals surface area contributed by atoms with Crippen LogP contribution in [-0.4, -0.2) is 11.3 Å². The van der Waals surface area contributed by atoms with E-state index in [-0.39, 0.29) is 11.5 Å². The molecule has 5 atom stereocenters. The summed E-state index contributed by atoms with van der Waals surface area (Å²) in [7, 11) is 0. The van der Waals surface area contributed by atoms with Gasteiger partial charge >= 0.3 is 0 Å². The van der Waals surface area contributed by atoms with Gasteiger partial charge in [-0.1, -0.05) is 176 Å². The van der Waals surface area contributed by atoms with Crippen molar-refractivity contribution in [3.63, 3.8) is 0 Å². The summed E-state index contributed by atoms with van der Waals surface area (Å²) in [4.78, 5) is 4.01. The molecule has 4 aliphatic carbocycles. The summed E-state index contributed by atoms with van der Waals surface area (Å²) in [6.45, 7) is 0. The number of anilines is 2. The van der Waals surface area contributed by atoms with Crippen LogP contribution in [0.2, 0.25) is 0 Å². The lowest BCUT2D eigenvalue weighted by Crippen LogP contribution is -2.44. The van der Waals surface area contributed by atoms with E-state index in [4.69, 9.17) is 0 Å². The van der Waals surface area contributed by atoms with Gasteiger partial charge in [-0.25, -0.2) is 0 Å². The van der Waals surface area contributed by atoms with E-state index in [1.54, 1.807) is 0 Å². The van der Waals surface area contributed by atoms with Crippen molar-refractivity contribution in [2.75, 3.05) is 4.90 Å². The molecule has 7 aromatic carbocycles. The molecule has 0 amide bonds. The van der Waals surface area contributed by atoms with Crippen molar-refractivity contribution in [2.45, 2.75) is 52.2 Å². The Bertz CT molecular complexity index is 2800. The molecule has 0 spiro atoms. The Balaban J connectivity index is 1.09. The van der Waals surface area contributed by atoms with E-state index in [1.165, 1.54) is 83.9 Å². The van der Waals surface area contributed by atoms with Gasteiger partial charge in [-0.15, -0.1) is 11.8 Å². The Morgan fingerprint density at radius 3 is 1.88 bits per heavy atom. The standard InChI is InChI=1S/C56H43NS/c1-4-17-38(18-5-1)55(40-31-33-42(34-32-40)57(41-21-8-3-9-22-41)43-35-36-53-47(37-43)45-24-11-15-30-52(45)58-53)49-27-13-14-28-50(49)56(39-19-6-2-7-20-39)48-26-12-10-23-44(48)46-25-16-29-51(55)54(46)56/h1-22,24-34,37,43-44,53H,23,35-36H2. The lowest BCUT2D eigenvalue weighted by atomic mass is 9.51. The summed E-state index contributed by atoms with van der Waals surface area (Å²) in [6.07, 6.45) is 13.0. The fourth-order valence-electron chi connectivity index (χ4n) is 11.7. The van der Waals surface area contributed by atoms with Gasteiger partial charge in [-0.05, 0) is 111 Å². The number of hydrogen-bond acceptors (Lipinski definition) is 2. The first-order valence-electron chi connectivity index (χ1n) is 20.9. The van der Waals surface area contributed by atoms with Crippen LogP contribution < -0.4 is 4.90 Å². The average molecular weight is 762 g/mol. The van der Waals surface area contributed by atoms with Crippen LogP contribution in [0, 0.1) is 0 Å². The van der Waals surface area contributed by atoms with E-state index in [2.05, 4.69) is 211 Å². The van der Waals surface area contributed by atoms with Crippen LogP contribution in [0.4, 0.5) is 11.4 Å². The van der Waals surface area contributed by atoms with Crippen molar-refractivity contribution in [3.05, 3.63) is 262 Å². The van der Waals surface area contributed by atoms with E-state index in [1.807, 2.05) is 11.8 Å². The van der Waals surface area contributed by atoms with Gasteiger partial charge in [-0.2, -0.15) is 0 Å². The lowest BCUT2D eigenvalue weighted by Gasteiger charge is -2.50. The highest BCUT2D eigenvalue weighted by molar-refractivity contribution is 8.00. The molecule has 0 saturated carbocycles. The maximum Gasteiger partial charge on any atom is 0.0708 e. The molecule has 0 radical (unpaired) electrons. The van der Waals surface area contributed by atoms with Crippen LogP contribution >= 0.6 is 11.8 Å². The molecule has 0 fully saturated rings. The molecule has 7 aromatic rings. The van der Waals surface area contributed by atoms with E-state index in [0.29, 0.717) is 11.2 Å². The molecule has 5 unspecified atom stereocenters. The Labute approximate surface area is 346 Å². The summed E-state index contributed by atoms with van der Waals surface area (Å²) in [5, 5.41) is 0.539. The predicted molar refractivity (Wildman–Crippen MR) is 241 cm³/mol. The van der Waals surface area contributed by atoms with E-state index in [9.17, 15) is 0 Å². The number of thioether (sulfide) groups is 1. The second-order valence-electron chi connectivity index (χ2n) is 16.5. The summed E-state index contributed by atoms with van der Waals surface area (Å²) in [5.74, 6) is 0.330. The van der Waals surface area contributed by atoms with Crippen LogP contribution in [0.5, 0.6) is 0 Å². The van der Waals surface area contributed by atoms with Gasteiger partial charge < -0.3 is 4.90 Å². The van der Waals surface area contributed by atoms with Crippen molar-refractivity contribution >= 4 is 28.7 Å². The van der Waals surface area contributed by atoms with Crippen molar-refractivity contribution in [1.29, 1.82) is 0 Å². The largest absolute Gasteiger partial charge is 0.335 e. The summed E-state index contributed by atoms with van der Waals surface area (Å²) >= 11 is 2.05. The zero-order valence-electron chi connectivity index (χ0n) is 32.3. The maximum atomic E-state index is 2.59. The zero-order chi connectivity index (χ0) is 38.3. The second-order valence-corrected chi connectivity index (χ2v) is 17.8. The minimum atomic E-state index is -0.538. The molecule has 0 saturated heterocycles. The first-order valence-corrected chi connectivity index (χ1v) is 21.8. The highest BCUT2D eigenvalue weighted by Crippen LogP contribution is 2.67. The third-order valence-corrected chi connectivity index (χ3v) is 15.2. The molecule has 0 aromatic heterocycles. The molecular weight excluding hydrogens is 719 g/mol. The van der Waals surface area contributed by atoms with E-state index < -0.39 is 5.41 Å². The first kappa shape index (κ1) is 34.0.